The van der Waals surface area contributed by atoms with Gasteiger partial charge in [0, 0.05) is 29.5 Å². The topological polar surface area (TPSA) is 24.9 Å². The summed E-state index contributed by atoms with van der Waals surface area (Å²) in [5, 5.41) is 3.53. The Balaban J connectivity index is 2.11. The van der Waals surface area contributed by atoms with E-state index in [0.29, 0.717) is 0 Å². The molecule has 4 heteroatoms. The molecule has 1 aromatic rings. The summed E-state index contributed by atoms with van der Waals surface area (Å²) in [6.45, 7) is 3.84. The lowest BCUT2D eigenvalue weighted by Gasteiger charge is -2.06. The van der Waals surface area contributed by atoms with Crippen LogP contribution in [0.3, 0.4) is 0 Å². The third-order valence-electron chi connectivity index (χ3n) is 1.59. The average molecular weight is 205 g/mol. The van der Waals surface area contributed by atoms with E-state index < -0.39 is 0 Å². The van der Waals surface area contributed by atoms with Gasteiger partial charge in [0.1, 0.15) is 0 Å². The molecule has 0 amide bonds. The number of nitrogens with zero attached hydrogens (tertiary/aromatic N) is 1. The first-order valence-electron chi connectivity index (χ1n) is 4.05. The number of halogens is 1. The smallest absolute Gasteiger partial charge is 0.0794 e. The van der Waals surface area contributed by atoms with Crippen LogP contribution < -0.4 is 5.32 Å². The molecule has 1 heterocycles. The van der Waals surface area contributed by atoms with Gasteiger partial charge in [-0.05, 0) is 6.42 Å². The molecule has 0 aliphatic carbocycles. The van der Waals surface area contributed by atoms with Crippen LogP contribution in [0.15, 0.2) is 11.7 Å². The van der Waals surface area contributed by atoms with Gasteiger partial charge < -0.3 is 5.32 Å². The molecule has 12 heavy (non-hydrogen) atoms. The molecule has 1 unspecified atom stereocenters. The second-order valence-electron chi connectivity index (χ2n) is 2.60. The first-order chi connectivity index (χ1) is 5.83. The van der Waals surface area contributed by atoms with Crippen molar-refractivity contribution >= 4 is 22.9 Å². The van der Waals surface area contributed by atoms with Gasteiger partial charge in [0.15, 0.2) is 0 Å². The Kier molecular flexibility index (Phi) is 4.58. The van der Waals surface area contributed by atoms with Crippen LogP contribution in [0.5, 0.6) is 0 Å². The van der Waals surface area contributed by atoms with E-state index in [0.717, 1.165) is 19.5 Å². The van der Waals surface area contributed by atoms with Crippen molar-refractivity contribution in [1.82, 2.24) is 10.3 Å². The SMILES string of the molecule is CCC(Cl)CNCc1cncs1. The molecule has 0 bridgehead atoms. The maximum absolute atomic E-state index is 5.93. The third-order valence-corrected chi connectivity index (χ3v) is 2.83. The average Bonchev–Trinajstić information content (AvgIpc) is 2.57. The molecule has 0 saturated carbocycles. The summed E-state index contributed by atoms with van der Waals surface area (Å²) in [7, 11) is 0. The molecule has 0 saturated heterocycles. The van der Waals surface area contributed by atoms with Crippen LogP contribution >= 0.6 is 22.9 Å². The van der Waals surface area contributed by atoms with Crippen LogP contribution in [0.25, 0.3) is 0 Å². The second kappa shape index (κ2) is 5.51. The van der Waals surface area contributed by atoms with Gasteiger partial charge in [-0.15, -0.1) is 22.9 Å². The number of hydrogen-bond acceptors (Lipinski definition) is 3. The van der Waals surface area contributed by atoms with Crippen molar-refractivity contribution in [2.75, 3.05) is 6.54 Å². The van der Waals surface area contributed by atoms with Crippen molar-refractivity contribution in [2.24, 2.45) is 0 Å². The van der Waals surface area contributed by atoms with E-state index in [2.05, 4.69) is 17.2 Å². The van der Waals surface area contributed by atoms with Crippen LogP contribution in [0.2, 0.25) is 0 Å². The van der Waals surface area contributed by atoms with Gasteiger partial charge in [0.05, 0.1) is 5.51 Å². The predicted octanol–water partition coefficient (Wildman–Crippen LogP) is 2.25. The summed E-state index contributed by atoms with van der Waals surface area (Å²) in [6, 6.07) is 0. The molecule has 0 aromatic carbocycles. The largest absolute Gasteiger partial charge is 0.310 e. The summed E-state index contributed by atoms with van der Waals surface area (Å²) in [5.74, 6) is 0. The molecule has 0 radical (unpaired) electrons. The maximum Gasteiger partial charge on any atom is 0.0794 e. The van der Waals surface area contributed by atoms with Gasteiger partial charge in [-0.2, -0.15) is 0 Å². The fourth-order valence-corrected chi connectivity index (χ4v) is 1.50. The van der Waals surface area contributed by atoms with E-state index in [-0.39, 0.29) is 5.38 Å². The second-order valence-corrected chi connectivity index (χ2v) is 4.19. The number of thiazole rings is 1. The van der Waals surface area contributed by atoms with E-state index in [1.165, 1.54) is 4.88 Å². The summed E-state index contributed by atoms with van der Waals surface area (Å²) in [6.07, 6.45) is 2.89. The molecular weight excluding hydrogens is 192 g/mol. The van der Waals surface area contributed by atoms with Gasteiger partial charge in [0.2, 0.25) is 0 Å². The van der Waals surface area contributed by atoms with Crippen LogP contribution in [0.1, 0.15) is 18.2 Å². The Hall–Kier alpha value is -0.120. The molecule has 0 spiro atoms. The van der Waals surface area contributed by atoms with Crippen LogP contribution in [-0.4, -0.2) is 16.9 Å². The zero-order chi connectivity index (χ0) is 8.81. The molecule has 1 rings (SSSR count). The van der Waals surface area contributed by atoms with E-state index in [1.807, 2.05) is 11.7 Å². The molecule has 68 valence electrons. The normalized spacial score (nSPS) is 13.2. The van der Waals surface area contributed by atoms with E-state index in [4.69, 9.17) is 11.6 Å². The molecule has 2 nitrogen and oxygen atoms in total. The Morgan fingerprint density at radius 2 is 2.58 bits per heavy atom. The Bertz CT molecular complexity index is 201. The minimum absolute atomic E-state index is 0.248. The summed E-state index contributed by atoms with van der Waals surface area (Å²) >= 11 is 7.60. The van der Waals surface area contributed by atoms with E-state index >= 15 is 0 Å². The lowest BCUT2D eigenvalue weighted by molar-refractivity contribution is 0.651. The minimum atomic E-state index is 0.248. The Morgan fingerprint density at radius 3 is 3.17 bits per heavy atom. The zero-order valence-corrected chi connectivity index (χ0v) is 8.66. The summed E-state index contributed by atoms with van der Waals surface area (Å²) in [5.41, 5.74) is 1.84. The number of aromatic nitrogens is 1. The number of alkyl halides is 1. The monoisotopic (exact) mass is 204 g/mol. The fourth-order valence-electron chi connectivity index (χ4n) is 0.826. The van der Waals surface area contributed by atoms with Crippen LogP contribution in [-0.2, 0) is 6.54 Å². The van der Waals surface area contributed by atoms with Gasteiger partial charge >= 0.3 is 0 Å². The minimum Gasteiger partial charge on any atom is -0.310 e. The fraction of sp³-hybridized carbons (Fsp3) is 0.625. The molecular formula is C8H13ClN2S. The quantitative estimate of drug-likeness (QED) is 0.745. The summed E-state index contributed by atoms with van der Waals surface area (Å²) in [4.78, 5) is 5.24. The van der Waals surface area contributed by atoms with Crippen LogP contribution in [0, 0.1) is 0 Å². The molecule has 1 atom stereocenters. The number of nitrogens with one attached hydrogen (secondary N) is 1. The standard InChI is InChI=1S/C8H13ClN2S/c1-2-7(9)3-10-4-8-5-11-6-12-8/h5-7,10H,2-4H2,1H3. The highest BCUT2D eigenvalue weighted by Crippen LogP contribution is 2.05. The molecule has 1 aromatic heterocycles. The third kappa shape index (κ3) is 3.52. The van der Waals surface area contributed by atoms with Crippen molar-refractivity contribution < 1.29 is 0 Å². The van der Waals surface area contributed by atoms with Crippen molar-refractivity contribution in [3.8, 4) is 0 Å². The highest BCUT2D eigenvalue weighted by Gasteiger charge is 2.00. The molecule has 0 aliphatic rings. The lowest BCUT2D eigenvalue weighted by Crippen LogP contribution is -2.21. The van der Waals surface area contributed by atoms with Gasteiger partial charge in [0.25, 0.3) is 0 Å². The Labute approximate surface area is 82.0 Å². The van der Waals surface area contributed by atoms with Crippen molar-refractivity contribution in [3.05, 3.63) is 16.6 Å². The van der Waals surface area contributed by atoms with Crippen LogP contribution in [0.4, 0.5) is 0 Å². The highest BCUT2D eigenvalue weighted by atomic mass is 35.5. The van der Waals surface area contributed by atoms with Gasteiger partial charge in [-0.1, -0.05) is 6.92 Å². The maximum atomic E-state index is 5.93. The molecule has 1 N–H and O–H groups in total. The van der Waals surface area contributed by atoms with E-state index in [9.17, 15) is 0 Å². The Morgan fingerprint density at radius 1 is 1.75 bits per heavy atom. The first-order valence-corrected chi connectivity index (χ1v) is 5.36. The first kappa shape index (κ1) is 9.96. The molecule has 0 fully saturated rings. The highest BCUT2D eigenvalue weighted by molar-refractivity contribution is 7.09. The zero-order valence-electron chi connectivity index (χ0n) is 7.09. The van der Waals surface area contributed by atoms with Gasteiger partial charge in [-0.3, -0.25) is 4.98 Å². The lowest BCUT2D eigenvalue weighted by atomic mass is 10.3. The number of rotatable bonds is 5. The van der Waals surface area contributed by atoms with Crippen molar-refractivity contribution in [3.63, 3.8) is 0 Å². The molecule has 0 aliphatic heterocycles. The van der Waals surface area contributed by atoms with Crippen molar-refractivity contribution in [2.45, 2.75) is 25.3 Å². The number of hydrogen-bond donors (Lipinski definition) is 1. The predicted molar refractivity (Wildman–Crippen MR) is 53.8 cm³/mol. The van der Waals surface area contributed by atoms with Gasteiger partial charge in [-0.25, -0.2) is 0 Å². The summed E-state index contributed by atoms with van der Waals surface area (Å²) < 4.78 is 0. The van der Waals surface area contributed by atoms with E-state index in [1.54, 1.807) is 11.3 Å². The van der Waals surface area contributed by atoms with Crippen molar-refractivity contribution in [1.29, 1.82) is 0 Å².